The molecule has 0 bridgehead atoms. The first kappa shape index (κ1) is 20.2. The summed E-state index contributed by atoms with van der Waals surface area (Å²) in [5, 5.41) is 0. The summed E-state index contributed by atoms with van der Waals surface area (Å²) in [6.45, 7) is 6.37. The molecule has 2 rings (SSSR count). The van der Waals surface area contributed by atoms with Gasteiger partial charge in [0.15, 0.2) is 0 Å². The number of hydrogen-bond donors (Lipinski definition) is 1. The van der Waals surface area contributed by atoms with E-state index in [0.29, 0.717) is 6.42 Å². The van der Waals surface area contributed by atoms with Crippen LogP contribution in [0.4, 0.5) is 0 Å². The first-order valence-electron chi connectivity index (χ1n) is 6.95. The first-order valence-corrected chi connectivity index (χ1v) is 6.95. The van der Waals surface area contributed by atoms with Gasteiger partial charge < -0.3 is 10.6 Å². The Morgan fingerprint density at radius 2 is 1.71 bits per heavy atom. The van der Waals surface area contributed by atoms with Gasteiger partial charge in [-0.15, -0.1) is 24.8 Å². The van der Waals surface area contributed by atoms with Crippen LogP contribution in [0, 0.1) is 0 Å². The van der Waals surface area contributed by atoms with E-state index in [0.717, 1.165) is 32.7 Å². The zero-order chi connectivity index (χ0) is 13.7. The Balaban J connectivity index is 0.00000200. The van der Waals surface area contributed by atoms with Crippen molar-refractivity contribution in [1.82, 2.24) is 9.80 Å². The van der Waals surface area contributed by atoms with Gasteiger partial charge in [-0.05, 0) is 12.5 Å². The molecule has 1 aliphatic rings. The highest BCUT2D eigenvalue weighted by Crippen LogP contribution is 2.09. The SMILES string of the molecule is CC(N)CC(=O)N1CCN(Cc2ccccc2)CC1.Cl.Cl. The average molecular weight is 334 g/mol. The minimum atomic E-state index is -0.0464. The highest BCUT2D eigenvalue weighted by Gasteiger charge is 2.21. The molecule has 1 fully saturated rings. The molecule has 0 aliphatic carbocycles. The number of amides is 1. The molecule has 1 heterocycles. The third-order valence-electron chi connectivity index (χ3n) is 3.47. The molecular weight excluding hydrogens is 309 g/mol. The number of halogens is 2. The van der Waals surface area contributed by atoms with Crippen molar-refractivity contribution in [3.8, 4) is 0 Å². The Morgan fingerprint density at radius 1 is 1.14 bits per heavy atom. The molecule has 21 heavy (non-hydrogen) atoms. The summed E-state index contributed by atoms with van der Waals surface area (Å²) in [4.78, 5) is 16.2. The number of benzene rings is 1. The zero-order valence-corrected chi connectivity index (χ0v) is 14.0. The number of piperazine rings is 1. The lowest BCUT2D eigenvalue weighted by molar-refractivity contribution is -0.133. The van der Waals surface area contributed by atoms with E-state index in [1.54, 1.807) is 0 Å². The predicted molar refractivity (Wildman–Crippen MR) is 91.1 cm³/mol. The fourth-order valence-electron chi connectivity index (χ4n) is 2.40. The number of carbonyl (C=O) groups excluding carboxylic acids is 1. The van der Waals surface area contributed by atoms with Crippen molar-refractivity contribution in [3.63, 3.8) is 0 Å². The molecule has 2 N–H and O–H groups in total. The first-order chi connectivity index (χ1) is 9.15. The third kappa shape index (κ3) is 6.66. The topological polar surface area (TPSA) is 49.6 Å². The molecule has 1 aromatic rings. The van der Waals surface area contributed by atoms with Crippen LogP contribution in [0.5, 0.6) is 0 Å². The van der Waals surface area contributed by atoms with Crippen molar-refractivity contribution < 1.29 is 4.79 Å². The van der Waals surface area contributed by atoms with Crippen molar-refractivity contribution in [2.75, 3.05) is 26.2 Å². The molecule has 0 radical (unpaired) electrons. The average Bonchev–Trinajstić information content (AvgIpc) is 2.40. The lowest BCUT2D eigenvalue weighted by Gasteiger charge is -2.35. The van der Waals surface area contributed by atoms with Gasteiger partial charge in [0.25, 0.3) is 0 Å². The maximum absolute atomic E-state index is 11.9. The summed E-state index contributed by atoms with van der Waals surface area (Å²) < 4.78 is 0. The maximum Gasteiger partial charge on any atom is 0.224 e. The second-order valence-electron chi connectivity index (χ2n) is 5.32. The van der Waals surface area contributed by atoms with Gasteiger partial charge in [-0.2, -0.15) is 0 Å². The van der Waals surface area contributed by atoms with Crippen molar-refractivity contribution in [3.05, 3.63) is 35.9 Å². The van der Waals surface area contributed by atoms with Crippen molar-refractivity contribution in [1.29, 1.82) is 0 Å². The van der Waals surface area contributed by atoms with Gasteiger partial charge in [0.1, 0.15) is 0 Å². The van der Waals surface area contributed by atoms with E-state index in [1.165, 1.54) is 5.56 Å². The van der Waals surface area contributed by atoms with Crippen LogP contribution in [0.1, 0.15) is 18.9 Å². The van der Waals surface area contributed by atoms with Crippen molar-refractivity contribution in [2.45, 2.75) is 25.9 Å². The van der Waals surface area contributed by atoms with Gasteiger partial charge in [-0.25, -0.2) is 0 Å². The van der Waals surface area contributed by atoms with Crippen LogP contribution in [0.15, 0.2) is 30.3 Å². The van der Waals surface area contributed by atoms with Crippen LogP contribution in [-0.4, -0.2) is 47.9 Å². The smallest absolute Gasteiger partial charge is 0.224 e. The van der Waals surface area contributed by atoms with Gasteiger partial charge in [0.2, 0.25) is 5.91 Å². The Morgan fingerprint density at radius 3 is 2.24 bits per heavy atom. The summed E-state index contributed by atoms with van der Waals surface area (Å²) in [5.41, 5.74) is 7.00. The molecular formula is C15H25Cl2N3O. The van der Waals surface area contributed by atoms with Gasteiger partial charge in [-0.1, -0.05) is 30.3 Å². The van der Waals surface area contributed by atoms with Gasteiger partial charge >= 0.3 is 0 Å². The summed E-state index contributed by atoms with van der Waals surface area (Å²) in [6.07, 6.45) is 0.457. The van der Waals surface area contributed by atoms with Gasteiger partial charge in [0.05, 0.1) is 0 Å². The van der Waals surface area contributed by atoms with Crippen LogP contribution in [0.3, 0.4) is 0 Å². The monoisotopic (exact) mass is 333 g/mol. The third-order valence-corrected chi connectivity index (χ3v) is 3.47. The number of nitrogens with two attached hydrogens (primary N) is 1. The van der Waals surface area contributed by atoms with Crippen LogP contribution in [-0.2, 0) is 11.3 Å². The van der Waals surface area contributed by atoms with Crippen LogP contribution in [0.25, 0.3) is 0 Å². The van der Waals surface area contributed by atoms with Crippen LogP contribution >= 0.6 is 24.8 Å². The summed E-state index contributed by atoms with van der Waals surface area (Å²) >= 11 is 0. The lowest BCUT2D eigenvalue weighted by atomic mass is 10.2. The molecule has 6 heteroatoms. The molecule has 0 saturated carbocycles. The molecule has 0 aromatic heterocycles. The normalized spacial score (nSPS) is 16.6. The molecule has 0 spiro atoms. The fraction of sp³-hybridized carbons (Fsp3) is 0.533. The molecule has 120 valence electrons. The Hall–Kier alpha value is -0.810. The van der Waals surface area contributed by atoms with E-state index in [-0.39, 0.29) is 36.8 Å². The molecule has 1 aromatic carbocycles. The van der Waals surface area contributed by atoms with E-state index in [4.69, 9.17) is 5.73 Å². The maximum atomic E-state index is 11.9. The number of carbonyl (C=O) groups is 1. The molecule has 1 aliphatic heterocycles. The zero-order valence-electron chi connectivity index (χ0n) is 12.4. The van der Waals surface area contributed by atoms with E-state index in [9.17, 15) is 4.79 Å². The van der Waals surface area contributed by atoms with Gasteiger partial charge in [0, 0.05) is 45.2 Å². The molecule has 1 amide bonds. The molecule has 1 saturated heterocycles. The largest absolute Gasteiger partial charge is 0.340 e. The fourth-order valence-corrected chi connectivity index (χ4v) is 2.40. The summed E-state index contributed by atoms with van der Waals surface area (Å²) in [7, 11) is 0. The quantitative estimate of drug-likeness (QED) is 0.915. The Bertz CT molecular complexity index is 407. The number of rotatable bonds is 4. The van der Waals surface area contributed by atoms with Gasteiger partial charge in [-0.3, -0.25) is 9.69 Å². The second-order valence-corrected chi connectivity index (χ2v) is 5.32. The summed E-state index contributed by atoms with van der Waals surface area (Å²) in [5.74, 6) is 0.189. The highest BCUT2D eigenvalue weighted by atomic mass is 35.5. The van der Waals surface area contributed by atoms with E-state index in [2.05, 4.69) is 29.2 Å². The van der Waals surface area contributed by atoms with Crippen LogP contribution < -0.4 is 5.73 Å². The Labute approximate surface area is 139 Å². The molecule has 1 atom stereocenters. The number of hydrogen-bond acceptors (Lipinski definition) is 3. The van der Waals surface area contributed by atoms with Crippen molar-refractivity contribution >= 4 is 30.7 Å². The second kappa shape index (κ2) is 10.0. The standard InChI is InChI=1S/C15H23N3O.2ClH/c1-13(16)11-15(19)18-9-7-17(8-10-18)12-14-5-3-2-4-6-14;;/h2-6,13H,7-12,16H2,1H3;2*1H. The molecule has 4 nitrogen and oxygen atoms in total. The van der Waals surface area contributed by atoms with Crippen LogP contribution in [0.2, 0.25) is 0 Å². The van der Waals surface area contributed by atoms with E-state index >= 15 is 0 Å². The molecule has 1 unspecified atom stereocenters. The Kier molecular flexibility index (Phi) is 9.62. The highest BCUT2D eigenvalue weighted by molar-refractivity contribution is 5.85. The minimum Gasteiger partial charge on any atom is -0.340 e. The number of nitrogens with zero attached hydrogens (tertiary/aromatic N) is 2. The summed E-state index contributed by atoms with van der Waals surface area (Å²) in [6, 6.07) is 10.4. The van der Waals surface area contributed by atoms with E-state index in [1.807, 2.05) is 17.9 Å². The minimum absolute atomic E-state index is 0. The van der Waals surface area contributed by atoms with E-state index < -0.39 is 0 Å². The predicted octanol–water partition coefficient (Wildman–Crippen LogP) is 1.91. The lowest BCUT2D eigenvalue weighted by Crippen LogP contribution is -2.49. The van der Waals surface area contributed by atoms with Crippen molar-refractivity contribution in [2.24, 2.45) is 5.73 Å².